The number of aromatic nitrogens is 4. The molecule has 12 heteroatoms. The Morgan fingerprint density at radius 1 is 1.35 bits per heavy atom. The summed E-state index contributed by atoms with van der Waals surface area (Å²) < 4.78 is 37.2. The monoisotopic (exact) mass is 382 g/mol. The van der Waals surface area contributed by atoms with Crippen LogP contribution in [0.2, 0.25) is 0 Å². The second-order valence-electron chi connectivity index (χ2n) is 5.30. The van der Waals surface area contributed by atoms with Gasteiger partial charge in [0.2, 0.25) is 0 Å². The Bertz CT molecular complexity index is 943. The van der Waals surface area contributed by atoms with Gasteiger partial charge in [-0.15, -0.1) is 13.9 Å². The van der Waals surface area contributed by atoms with Crippen molar-refractivity contribution in [3.05, 3.63) is 24.0 Å². The highest BCUT2D eigenvalue weighted by atomic mass is 32.1. The molecule has 0 bridgehead atoms. The first kappa shape index (κ1) is 16.4. The van der Waals surface area contributed by atoms with Gasteiger partial charge in [0, 0.05) is 18.7 Å². The predicted octanol–water partition coefficient (Wildman–Crippen LogP) is 2.55. The van der Waals surface area contributed by atoms with Crippen molar-refractivity contribution in [3.8, 4) is 11.5 Å². The second kappa shape index (κ2) is 6.05. The van der Waals surface area contributed by atoms with Crippen LogP contribution in [0.5, 0.6) is 11.5 Å². The molecule has 0 unspecified atom stereocenters. The number of nitrogens with zero attached hydrogens (tertiary/aromatic N) is 4. The van der Waals surface area contributed by atoms with Crippen molar-refractivity contribution in [2.45, 2.75) is 26.3 Å². The number of urea groups is 1. The van der Waals surface area contributed by atoms with Crippen LogP contribution in [0.25, 0.3) is 10.2 Å². The maximum atomic E-state index is 13.1. The van der Waals surface area contributed by atoms with Gasteiger partial charge >= 0.3 is 12.3 Å². The van der Waals surface area contributed by atoms with Crippen molar-refractivity contribution in [2.24, 2.45) is 0 Å². The number of anilines is 1. The summed E-state index contributed by atoms with van der Waals surface area (Å²) in [5, 5.41) is 13.2. The van der Waals surface area contributed by atoms with Crippen LogP contribution in [0.15, 0.2) is 18.3 Å². The molecule has 136 valence electrons. The molecule has 0 fully saturated rings. The molecule has 1 aliphatic rings. The third-order valence-electron chi connectivity index (χ3n) is 3.56. The number of hydrogen-bond acceptors (Lipinski definition) is 7. The number of carbonyl (C=O) groups is 1. The van der Waals surface area contributed by atoms with Crippen LogP contribution >= 0.6 is 11.3 Å². The standard InChI is InChI=1S/C14H12F2N6O3S/c1-2-22-7(6-18-21-22)5-17-12(23)20-13-19-8-3-9-10(4-11(8)26-13)25-14(15,16)24-9/h3-4,6H,2,5H2,1H3,(H2,17,19,20,23). The van der Waals surface area contributed by atoms with E-state index in [0.717, 1.165) is 17.0 Å². The van der Waals surface area contributed by atoms with Gasteiger partial charge in [0.1, 0.15) is 0 Å². The molecule has 26 heavy (non-hydrogen) atoms. The molecule has 0 saturated carbocycles. The summed E-state index contributed by atoms with van der Waals surface area (Å²) in [7, 11) is 0. The predicted molar refractivity (Wildman–Crippen MR) is 87.4 cm³/mol. The van der Waals surface area contributed by atoms with E-state index in [9.17, 15) is 13.6 Å². The molecule has 1 aromatic carbocycles. The van der Waals surface area contributed by atoms with Gasteiger partial charge in [-0.3, -0.25) is 5.32 Å². The lowest BCUT2D eigenvalue weighted by atomic mass is 10.3. The molecular weight excluding hydrogens is 370 g/mol. The first-order valence-corrected chi connectivity index (χ1v) is 8.38. The maximum absolute atomic E-state index is 13.1. The molecule has 3 heterocycles. The Kier molecular flexibility index (Phi) is 3.83. The molecule has 3 aromatic rings. The number of ether oxygens (including phenoxy) is 2. The Labute approximate surface area is 148 Å². The van der Waals surface area contributed by atoms with Crippen molar-refractivity contribution in [3.63, 3.8) is 0 Å². The van der Waals surface area contributed by atoms with Crippen LogP contribution < -0.4 is 20.1 Å². The highest BCUT2D eigenvalue weighted by Crippen LogP contribution is 2.44. The number of alkyl halides is 2. The van der Waals surface area contributed by atoms with Crippen LogP contribution in [0.4, 0.5) is 18.7 Å². The van der Waals surface area contributed by atoms with Gasteiger partial charge < -0.3 is 14.8 Å². The van der Waals surface area contributed by atoms with Crippen LogP contribution in [0.1, 0.15) is 12.6 Å². The van der Waals surface area contributed by atoms with Crippen LogP contribution in [-0.4, -0.2) is 32.3 Å². The number of hydrogen-bond donors (Lipinski definition) is 2. The third kappa shape index (κ3) is 3.10. The Balaban J connectivity index is 1.44. The molecule has 1 aliphatic heterocycles. The molecule has 2 N–H and O–H groups in total. The number of amides is 2. The highest BCUT2D eigenvalue weighted by Gasteiger charge is 2.43. The molecule has 0 saturated heterocycles. The van der Waals surface area contributed by atoms with E-state index in [2.05, 4.69) is 35.4 Å². The number of carbonyl (C=O) groups excluding carboxylic acids is 1. The number of fused-ring (bicyclic) bond motifs is 2. The van der Waals surface area contributed by atoms with E-state index in [1.54, 1.807) is 10.9 Å². The summed E-state index contributed by atoms with van der Waals surface area (Å²) in [6.45, 7) is 2.81. The number of aryl methyl sites for hydroxylation is 1. The van der Waals surface area contributed by atoms with Crippen LogP contribution in [-0.2, 0) is 13.1 Å². The van der Waals surface area contributed by atoms with E-state index in [0.29, 0.717) is 21.9 Å². The van der Waals surface area contributed by atoms with Crippen molar-refractivity contribution >= 4 is 32.7 Å². The van der Waals surface area contributed by atoms with Crippen molar-refractivity contribution in [2.75, 3.05) is 5.32 Å². The average molecular weight is 382 g/mol. The smallest absolute Gasteiger partial charge is 0.395 e. The Morgan fingerprint density at radius 3 is 2.88 bits per heavy atom. The molecule has 0 atom stereocenters. The lowest BCUT2D eigenvalue weighted by Gasteiger charge is -2.06. The summed E-state index contributed by atoms with van der Waals surface area (Å²) in [4.78, 5) is 16.2. The van der Waals surface area contributed by atoms with E-state index in [1.807, 2.05) is 6.92 Å². The second-order valence-corrected chi connectivity index (χ2v) is 6.33. The number of thiazole rings is 1. The molecular formula is C14H12F2N6O3S. The van der Waals surface area contributed by atoms with Crippen LogP contribution in [0.3, 0.4) is 0 Å². The zero-order valence-electron chi connectivity index (χ0n) is 13.3. The Morgan fingerprint density at radius 2 is 2.12 bits per heavy atom. The van der Waals surface area contributed by atoms with Gasteiger partial charge in [-0.05, 0) is 6.92 Å². The van der Waals surface area contributed by atoms with E-state index in [-0.39, 0.29) is 18.0 Å². The van der Waals surface area contributed by atoms with Crippen molar-refractivity contribution in [1.29, 1.82) is 0 Å². The number of nitrogens with one attached hydrogen (secondary N) is 2. The highest BCUT2D eigenvalue weighted by molar-refractivity contribution is 7.22. The zero-order valence-corrected chi connectivity index (χ0v) is 14.1. The average Bonchev–Trinajstić information content (AvgIpc) is 3.24. The Hall–Kier alpha value is -3.02. The minimum absolute atomic E-state index is 0.0671. The zero-order chi connectivity index (χ0) is 18.3. The largest absolute Gasteiger partial charge is 0.586 e. The SMILES string of the molecule is CCn1nncc1CNC(=O)Nc1nc2cc3c(cc2s1)OC(F)(F)O3. The molecule has 2 aromatic heterocycles. The van der Waals surface area contributed by atoms with Gasteiger partial charge in [0.05, 0.1) is 28.7 Å². The fraction of sp³-hybridized carbons (Fsp3) is 0.286. The molecule has 2 amide bonds. The first-order valence-electron chi connectivity index (χ1n) is 7.56. The van der Waals surface area contributed by atoms with Gasteiger partial charge in [-0.2, -0.15) is 0 Å². The normalized spacial score (nSPS) is 14.6. The van der Waals surface area contributed by atoms with Crippen LogP contribution in [0, 0.1) is 0 Å². The summed E-state index contributed by atoms with van der Waals surface area (Å²) >= 11 is 1.13. The molecule has 9 nitrogen and oxygen atoms in total. The van der Waals surface area contributed by atoms with E-state index < -0.39 is 12.3 Å². The third-order valence-corrected chi connectivity index (χ3v) is 4.49. The topological polar surface area (TPSA) is 103 Å². The lowest BCUT2D eigenvalue weighted by Crippen LogP contribution is -2.29. The number of halogens is 2. The molecule has 0 spiro atoms. The van der Waals surface area contributed by atoms with E-state index in [4.69, 9.17) is 0 Å². The van der Waals surface area contributed by atoms with E-state index >= 15 is 0 Å². The van der Waals surface area contributed by atoms with Gasteiger partial charge in [-0.25, -0.2) is 14.5 Å². The number of rotatable bonds is 4. The summed E-state index contributed by atoms with van der Waals surface area (Å²) in [5.41, 5.74) is 1.18. The molecule has 0 aliphatic carbocycles. The quantitative estimate of drug-likeness (QED) is 0.719. The number of benzene rings is 1. The molecule has 4 rings (SSSR count). The summed E-state index contributed by atoms with van der Waals surface area (Å²) in [5.74, 6) is -0.161. The van der Waals surface area contributed by atoms with Gasteiger partial charge in [0.15, 0.2) is 16.6 Å². The fourth-order valence-corrected chi connectivity index (χ4v) is 3.29. The first-order chi connectivity index (χ1) is 12.4. The van der Waals surface area contributed by atoms with Gasteiger partial charge in [0.25, 0.3) is 0 Å². The lowest BCUT2D eigenvalue weighted by molar-refractivity contribution is -0.286. The fourth-order valence-electron chi connectivity index (χ4n) is 2.42. The van der Waals surface area contributed by atoms with Crippen molar-refractivity contribution < 1.29 is 23.0 Å². The van der Waals surface area contributed by atoms with Crippen molar-refractivity contribution in [1.82, 2.24) is 25.3 Å². The molecule has 0 radical (unpaired) electrons. The van der Waals surface area contributed by atoms with Gasteiger partial charge in [-0.1, -0.05) is 16.6 Å². The maximum Gasteiger partial charge on any atom is 0.586 e. The minimum Gasteiger partial charge on any atom is -0.395 e. The summed E-state index contributed by atoms with van der Waals surface area (Å²) in [6.07, 6.45) is -2.11. The minimum atomic E-state index is -3.67. The summed E-state index contributed by atoms with van der Waals surface area (Å²) in [6, 6.07) is 2.29. The van der Waals surface area contributed by atoms with E-state index in [1.165, 1.54) is 12.1 Å².